The van der Waals surface area contributed by atoms with Crippen LogP contribution in [0.15, 0.2) is 35.5 Å². The molecule has 0 unspecified atom stereocenters. The Labute approximate surface area is 190 Å². The van der Waals surface area contributed by atoms with Gasteiger partial charge in [-0.1, -0.05) is 11.6 Å². The van der Waals surface area contributed by atoms with Crippen LogP contribution >= 0.6 is 11.6 Å². The lowest BCUT2D eigenvalue weighted by Gasteiger charge is -2.24. The highest BCUT2D eigenvalue weighted by Crippen LogP contribution is 2.52. The SMILES string of the molecule is CC(C)S(=O)(=O)n1ccc(S(=O)(=O)n2nc(N3CCCC34CC4)c3c(Cl)cc(F)cc32)c1. The Morgan fingerprint density at radius 2 is 1.88 bits per heavy atom. The lowest BCUT2D eigenvalue weighted by Crippen LogP contribution is -2.31. The summed E-state index contributed by atoms with van der Waals surface area (Å²) in [7, 11) is -8.06. The molecular formula is C20H22ClFN4O4S2. The largest absolute Gasteiger partial charge is 0.349 e. The molecular weight excluding hydrogens is 479 g/mol. The smallest absolute Gasteiger partial charge is 0.285 e. The second-order valence-corrected chi connectivity index (χ2v) is 13.3. The van der Waals surface area contributed by atoms with Crippen LogP contribution in [0.1, 0.15) is 39.5 Å². The lowest BCUT2D eigenvalue weighted by atomic mass is 10.2. The maximum absolute atomic E-state index is 14.3. The highest BCUT2D eigenvalue weighted by molar-refractivity contribution is 7.91. The van der Waals surface area contributed by atoms with Crippen LogP contribution in [0.3, 0.4) is 0 Å². The summed E-state index contributed by atoms with van der Waals surface area (Å²) >= 11 is 6.37. The number of rotatable bonds is 5. The molecule has 0 bridgehead atoms. The molecule has 1 aliphatic heterocycles. The van der Waals surface area contributed by atoms with E-state index < -0.39 is 31.1 Å². The summed E-state index contributed by atoms with van der Waals surface area (Å²) < 4.78 is 67.8. The predicted molar refractivity (Wildman–Crippen MR) is 120 cm³/mol. The molecule has 12 heteroatoms. The monoisotopic (exact) mass is 500 g/mol. The van der Waals surface area contributed by atoms with Gasteiger partial charge in [0.15, 0.2) is 5.82 Å². The third-order valence-corrected chi connectivity index (χ3v) is 10.3. The van der Waals surface area contributed by atoms with Crippen molar-refractivity contribution in [3.63, 3.8) is 0 Å². The molecule has 2 aromatic heterocycles. The van der Waals surface area contributed by atoms with Crippen molar-refractivity contribution in [2.75, 3.05) is 11.4 Å². The minimum Gasteiger partial charge on any atom is -0.349 e. The molecule has 2 aliphatic rings. The van der Waals surface area contributed by atoms with Crippen LogP contribution in [0.5, 0.6) is 0 Å². The van der Waals surface area contributed by atoms with Crippen molar-refractivity contribution in [3.8, 4) is 0 Å². The molecule has 0 atom stereocenters. The molecule has 3 heterocycles. The van der Waals surface area contributed by atoms with Crippen LogP contribution in [0, 0.1) is 5.82 Å². The summed E-state index contributed by atoms with van der Waals surface area (Å²) in [6, 6.07) is 3.43. The molecule has 0 N–H and O–H groups in total. The van der Waals surface area contributed by atoms with Crippen LogP contribution < -0.4 is 4.90 Å². The molecule has 1 aromatic carbocycles. The molecule has 1 saturated carbocycles. The van der Waals surface area contributed by atoms with E-state index in [1.807, 2.05) is 0 Å². The van der Waals surface area contributed by atoms with E-state index >= 15 is 0 Å². The lowest BCUT2D eigenvalue weighted by molar-refractivity contribution is 0.577. The first kappa shape index (κ1) is 21.7. The van der Waals surface area contributed by atoms with Gasteiger partial charge in [-0.2, -0.15) is 12.5 Å². The number of benzene rings is 1. The zero-order valence-electron chi connectivity index (χ0n) is 17.5. The van der Waals surface area contributed by atoms with Gasteiger partial charge in [-0.25, -0.2) is 12.8 Å². The molecule has 1 aliphatic carbocycles. The number of hydrogen-bond donors (Lipinski definition) is 0. The first-order chi connectivity index (χ1) is 15.0. The summed E-state index contributed by atoms with van der Waals surface area (Å²) in [6.45, 7) is 3.72. The van der Waals surface area contributed by atoms with Crippen LogP contribution in [0.4, 0.5) is 10.2 Å². The predicted octanol–water partition coefficient (Wildman–Crippen LogP) is 3.59. The van der Waals surface area contributed by atoms with Gasteiger partial charge in [-0.3, -0.25) is 3.97 Å². The summed E-state index contributed by atoms with van der Waals surface area (Å²) in [5.41, 5.74) is -0.0189. The molecule has 1 saturated heterocycles. The van der Waals surface area contributed by atoms with Crippen molar-refractivity contribution in [2.24, 2.45) is 0 Å². The zero-order chi connectivity index (χ0) is 23.1. The summed E-state index contributed by atoms with van der Waals surface area (Å²) in [5, 5.41) is 4.13. The molecule has 1 spiro atoms. The Bertz CT molecular complexity index is 1460. The van der Waals surface area contributed by atoms with Gasteiger partial charge in [0.25, 0.3) is 10.0 Å². The number of halogens is 2. The Balaban J connectivity index is 1.70. The summed E-state index contributed by atoms with van der Waals surface area (Å²) in [5.74, 6) is -0.272. The van der Waals surface area contributed by atoms with Crippen LogP contribution in [-0.4, -0.2) is 47.3 Å². The molecule has 32 heavy (non-hydrogen) atoms. The van der Waals surface area contributed by atoms with E-state index in [2.05, 4.69) is 10.00 Å². The number of hydrogen-bond acceptors (Lipinski definition) is 6. The topological polar surface area (TPSA) is 94.3 Å². The fourth-order valence-corrected chi connectivity index (χ4v) is 7.04. The highest BCUT2D eigenvalue weighted by atomic mass is 35.5. The van der Waals surface area contributed by atoms with Gasteiger partial charge in [0.05, 0.1) is 21.2 Å². The average molecular weight is 501 g/mol. The van der Waals surface area contributed by atoms with E-state index in [9.17, 15) is 21.2 Å². The van der Waals surface area contributed by atoms with Gasteiger partial charge in [0.1, 0.15) is 10.7 Å². The first-order valence-corrected chi connectivity index (χ1v) is 13.6. The van der Waals surface area contributed by atoms with Crippen LogP contribution in [0.25, 0.3) is 10.9 Å². The van der Waals surface area contributed by atoms with Gasteiger partial charge in [0, 0.05) is 30.5 Å². The minimum absolute atomic E-state index is 0.0205. The Morgan fingerprint density at radius 1 is 1.16 bits per heavy atom. The van der Waals surface area contributed by atoms with E-state index in [4.69, 9.17) is 11.6 Å². The van der Waals surface area contributed by atoms with Gasteiger partial charge in [0.2, 0.25) is 10.0 Å². The molecule has 172 valence electrons. The Kier molecular flexibility index (Phi) is 4.71. The fourth-order valence-electron chi connectivity index (χ4n) is 4.44. The molecule has 3 aromatic rings. The standard InChI is InChI=1S/C20H22ClFN4O4S2/c1-13(2)31(27,28)24-9-4-15(12-24)32(29,30)26-17-11-14(22)10-16(21)18(17)19(23-26)25-8-3-5-20(25)6-7-20/h4,9-13H,3,5-8H2,1-2H3. The van der Waals surface area contributed by atoms with Crippen LogP contribution in [-0.2, 0) is 20.0 Å². The van der Waals surface area contributed by atoms with Crippen molar-refractivity contribution in [3.05, 3.63) is 41.4 Å². The van der Waals surface area contributed by atoms with Gasteiger partial charge < -0.3 is 4.90 Å². The first-order valence-electron chi connectivity index (χ1n) is 10.3. The third-order valence-electron chi connectivity index (χ3n) is 6.38. The van der Waals surface area contributed by atoms with Gasteiger partial charge >= 0.3 is 0 Å². The number of aromatic nitrogens is 3. The average Bonchev–Trinajstić information content (AvgIpc) is 3.08. The molecule has 0 amide bonds. The molecule has 0 radical (unpaired) electrons. The van der Waals surface area contributed by atoms with Crippen molar-refractivity contribution >= 4 is 48.4 Å². The molecule has 5 rings (SSSR count). The van der Waals surface area contributed by atoms with E-state index in [1.165, 1.54) is 26.1 Å². The summed E-state index contributed by atoms with van der Waals surface area (Å²) in [4.78, 5) is 1.82. The van der Waals surface area contributed by atoms with E-state index in [-0.39, 0.29) is 21.0 Å². The molecule has 2 fully saturated rings. The second-order valence-electron chi connectivity index (χ2n) is 8.70. The van der Waals surface area contributed by atoms with Crippen molar-refractivity contribution in [1.29, 1.82) is 0 Å². The van der Waals surface area contributed by atoms with E-state index in [0.717, 1.165) is 52.1 Å². The minimum atomic E-state index is -4.32. The Morgan fingerprint density at radius 3 is 2.53 bits per heavy atom. The third kappa shape index (κ3) is 3.08. The van der Waals surface area contributed by atoms with Crippen molar-refractivity contribution in [2.45, 2.75) is 55.2 Å². The number of anilines is 1. The maximum Gasteiger partial charge on any atom is 0.285 e. The molecule has 8 nitrogen and oxygen atoms in total. The quantitative estimate of drug-likeness (QED) is 0.531. The van der Waals surface area contributed by atoms with E-state index in [1.54, 1.807) is 0 Å². The van der Waals surface area contributed by atoms with Gasteiger partial charge in [-0.15, -0.1) is 5.10 Å². The summed E-state index contributed by atoms with van der Waals surface area (Å²) in [6.07, 6.45) is 6.14. The number of fused-ring (bicyclic) bond motifs is 1. The van der Waals surface area contributed by atoms with Crippen molar-refractivity contribution in [1.82, 2.24) is 13.2 Å². The van der Waals surface area contributed by atoms with E-state index in [0.29, 0.717) is 17.7 Å². The Hall–Kier alpha value is -2.11. The normalized spacial score (nSPS) is 18.3. The van der Waals surface area contributed by atoms with Crippen molar-refractivity contribution < 1.29 is 21.2 Å². The maximum atomic E-state index is 14.3. The fraction of sp³-hybridized carbons (Fsp3) is 0.450. The second kappa shape index (κ2) is 6.94. The number of nitrogens with zero attached hydrogens (tertiary/aromatic N) is 4. The zero-order valence-corrected chi connectivity index (χ0v) is 19.9. The highest BCUT2D eigenvalue weighted by Gasteiger charge is 2.52. The van der Waals surface area contributed by atoms with Crippen LogP contribution in [0.2, 0.25) is 5.02 Å². The van der Waals surface area contributed by atoms with Gasteiger partial charge in [-0.05, 0) is 51.7 Å².